The predicted molar refractivity (Wildman–Crippen MR) is 127 cm³/mol. The lowest BCUT2D eigenvalue weighted by molar-refractivity contribution is 0.296. The highest BCUT2D eigenvalue weighted by molar-refractivity contribution is 5.79. The summed E-state index contributed by atoms with van der Waals surface area (Å²) in [5.74, 6) is 3.25. The van der Waals surface area contributed by atoms with Crippen molar-refractivity contribution >= 4 is 5.96 Å². The molecule has 0 amide bonds. The number of aromatic nitrogens is 1. The molecule has 0 atom stereocenters. The summed E-state index contributed by atoms with van der Waals surface area (Å²) in [7, 11) is 1.78. The van der Waals surface area contributed by atoms with Gasteiger partial charge in [0.2, 0.25) is 0 Å². The molecule has 3 aromatic rings. The van der Waals surface area contributed by atoms with Gasteiger partial charge in [-0.15, -0.1) is 0 Å². The summed E-state index contributed by atoms with van der Waals surface area (Å²) in [6.45, 7) is 2.59. The Morgan fingerprint density at radius 1 is 0.938 bits per heavy atom. The van der Waals surface area contributed by atoms with Gasteiger partial charge < -0.3 is 20.1 Å². The average Bonchev–Trinajstić information content (AvgIpc) is 3.68. The number of benzene rings is 2. The van der Waals surface area contributed by atoms with Gasteiger partial charge in [-0.05, 0) is 54.7 Å². The summed E-state index contributed by atoms with van der Waals surface area (Å²) < 4.78 is 11.8. The fourth-order valence-corrected chi connectivity index (χ4v) is 3.21. The molecule has 1 saturated carbocycles. The number of hydrogen-bond acceptors (Lipinski definition) is 4. The number of nitrogens with one attached hydrogen (secondary N) is 2. The Hall–Kier alpha value is -3.54. The van der Waals surface area contributed by atoms with Crippen LogP contribution in [0, 0.1) is 5.92 Å². The molecule has 1 aliphatic rings. The van der Waals surface area contributed by atoms with Crippen molar-refractivity contribution in [3.8, 4) is 11.5 Å². The molecule has 0 saturated heterocycles. The zero-order valence-corrected chi connectivity index (χ0v) is 18.5. The van der Waals surface area contributed by atoms with Gasteiger partial charge in [-0.25, -0.2) is 0 Å². The van der Waals surface area contributed by atoms with E-state index in [4.69, 9.17) is 9.47 Å². The molecular formula is C26H30N4O2. The van der Waals surface area contributed by atoms with Crippen LogP contribution in [-0.2, 0) is 19.7 Å². The van der Waals surface area contributed by atoms with Gasteiger partial charge >= 0.3 is 0 Å². The first-order valence-electron chi connectivity index (χ1n) is 11.1. The highest BCUT2D eigenvalue weighted by Crippen LogP contribution is 2.30. The largest absolute Gasteiger partial charge is 0.493 e. The second-order valence-corrected chi connectivity index (χ2v) is 7.90. The topological polar surface area (TPSA) is 67.8 Å². The van der Waals surface area contributed by atoms with E-state index >= 15 is 0 Å². The van der Waals surface area contributed by atoms with Crippen molar-refractivity contribution in [1.29, 1.82) is 0 Å². The molecule has 2 aromatic carbocycles. The first-order valence-corrected chi connectivity index (χ1v) is 11.1. The fourth-order valence-electron chi connectivity index (χ4n) is 3.21. The van der Waals surface area contributed by atoms with E-state index in [0.717, 1.165) is 46.8 Å². The van der Waals surface area contributed by atoms with Crippen LogP contribution in [-0.4, -0.2) is 24.6 Å². The van der Waals surface area contributed by atoms with Crippen molar-refractivity contribution in [2.45, 2.75) is 32.5 Å². The molecule has 32 heavy (non-hydrogen) atoms. The first-order chi connectivity index (χ1) is 15.8. The summed E-state index contributed by atoms with van der Waals surface area (Å²) in [4.78, 5) is 8.61. The molecule has 6 heteroatoms. The van der Waals surface area contributed by atoms with Gasteiger partial charge in [0.25, 0.3) is 0 Å². The Labute approximate surface area is 189 Å². The molecule has 166 valence electrons. The summed E-state index contributed by atoms with van der Waals surface area (Å²) >= 11 is 0. The quantitative estimate of drug-likeness (QED) is 0.370. The maximum Gasteiger partial charge on any atom is 0.191 e. The minimum absolute atomic E-state index is 0.459. The van der Waals surface area contributed by atoms with E-state index in [1.54, 1.807) is 13.2 Å². The molecule has 2 N–H and O–H groups in total. The van der Waals surface area contributed by atoms with Crippen molar-refractivity contribution in [3.05, 3.63) is 89.7 Å². The summed E-state index contributed by atoms with van der Waals surface area (Å²) in [5.41, 5.74) is 3.18. The monoisotopic (exact) mass is 430 g/mol. The van der Waals surface area contributed by atoms with Gasteiger partial charge in [-0.2, -0.15) is 0 Å². The molecule has 4 rings (SSSR count). The Morgan fingerprint density at radius 2 is 1.72 bits per heavy atom. The third kappa shape index (κ3) is 6.74. The molecule has 0 bridgehead atoms. The van der Waals surface area contributed by atoms with Gasteiger partial charge in [0.15, 0.2) is 5.96 Å². The lowest BCUT2D eigenvalue weighted by Crippen LogP contribution is -2.36. The summed E-state index contributed by atoms with van der Waals surface area (Å²) in [5, 5.41) is 6.74. The van der Waals surface area contributed by atoms with Gasteiger partial charge in [0.1, 0.15) is 18.1 Å². The second kappa shape index (κ2) is 11.2. The predicted octanol–water partition coefficient (Wildman–Crippen LogP) is 4.31. The summed E-state index contributed by atoms with van der Waals surface area (Å²) in [6.07, 6.45) is 4.34. The van der Waals surface area contributed by atoms with Crippen molar-refractivity contribution in [3.63, 3.8) is 0 Å². The molecule has 0 radical (unpaired) electrons. The molecule has 0 unspecified atom stereocenters. The number of ether oxygens (including phenoxy) is 2. The molecule has 0 aliphatic heterocycles. The molecule has 1 fully saturated rings. The van der Waals surface area contributed by atoms with E-state index in [2.05, 4.69) is 38.8 Å². The van der Waals surface area contributed by atoms with Crippen LogP contribution in [0.3, 0.4) is 0 Å². The lowest BCUT2D eigenvalue weighted by Gasteiger charge is -2.15. The third-order valence-corrected chi connectivity index (χ3v) is 5.31. The Kier molecular flexibility index (Phi) is 7.58. The number of guanidine groups is 1. The molecular weight excluding hydrogens is 400 g/mol. The normalized spacial score (nSPS) is 13.5. The minimum atomic E-state index is 0.459. The van der Waals surface area contributed by atoms with E-state index in [9.17, 15) is 0 Å². The number of aliphatic imine (C=N–C) groups is 1. The van der Waals surface area contributed by atoms with Gasteiger partial charge in [0.05, 0.1) is 12.3 Å². The SMILES string of the molecule is CN=C(NCc1ccc(OCc2ccccn2)cc1)NCc1ccccc1OCC1CC1. The van der Waals surface area contributed by atoms with E-state index in [0.29, 0.717) is 19.7 Å². The highest BCUT2D eigenvalue weighted by atomic mass is 16.5. The highest BCUT2D eigenvalue weighted by Gasteiger charge is 2.22. The zero-order valence-electron chi connectivity index (χ0n) is 18.5. The third-order valence-electron chi connectivity index (χ3n) is 5.31. The van der Waals surface area contributed by atoms with E-state index in [-0.39, 0.29) is 0 Å². The van der Waals surface area contributed by atoms with E-state index in [1.165, 1.54) is 12.8 Å². The van der Waals surface area contributed by atoms with Crippen molar-refractivity contribution in [1.82, 2.24) is 15.6 Å². The number of rotatable bonds is 10. The summed E-state index contributed by atoms with van der Waals surface area (Å²) in [6, 6.07) is 22.0. The van der Waals surface area contributed by atoms with E-state index in [1.807, 2.05) is 48.5 Å². The fraction of sp³-hybridized carbons (Fsp3) is 0.308. The smallest absolute Gasteiger partial charge is 0.191 e. The minimum Gasteiger partial charge on any atom is -0.493 e. The van der Waals surface area contributed by atoms with Crippen LogP contribution in [0.4, 0.5) is 0 Å². The lowest BCUT2D eigenvalue weighted by atomic mass is 10.2. The van der Waals surface area contributed by atoms with Crippen molar-refractivity contribution in [2.24, 2.45) is 10.9 Å². The Morgan fingerprint density at radius 3 is 2.47 bits per heavy atom. The number of para-hydroxylation sites is 1. The number of nitrogens with zero attached hydrogens (tertiary/aromatic N) is 2. The first kappa shape index (κ1) is 21.7. The van der Waals surface area contributed by atoms with Crippen LogP contribution in [0.25, 0.3) is 0 Å². The molecule has 0 spiro atoms. The maximum absolute atomic E-state index is 6.00. The van der Waals surface area contributed by atoms with Crippen LogP contribution in [0.5, 0.6) is 11.5 Å². The van der Waals surface area contributed by atoms with Crippen LogP contribution in [0.15, 0.2) is 77.9 Å². The van der Waals surface area contributed by atoms with Gasteiger partial charge in [0, 0.05) is 31.9 Å². The Balaban J connectivity index is 1.23. The van der Waals surface area contributed by atoms with Crippen molar-refractivity contribution in [2.75, 3.05) is 13.7 Å². The van der Waals surface area contributed by atoms with Gasteiger partial charge in [-0.3, -0.25) is 9.98 Å². The maximum atomic E-state index is 6.00. The van der Waals surface area contributed by atoms with Crippen LogP contribution < -0.4 is 20.1 Å². The van der Waals surface area contributed by atoms with Crippen LogP contribution in [0.2, 0.25) is 0 Å². The Bertz CT molecular complexity index is 1000. The second-order valence-electron chi connectivity index (χ2n) is 7.90. The molecule has 1 aromatic heterocycles. The standard InChI is InChI=1S/C26H30N4O2/c1-27-26(30-17-22-6-2-3-8-25(22)32-18-21-9-10-21)29-16-20-11-13-24(14-12-20)31-19-23-7-4-5-15-28-23/h2-8,11-15,21H,9-10,16-19H2,1H3,(H2,27,29,30). The molecule has 1 aliphatic carbocycles. The zero-order chi connectivity index (χ0) is 22.0. The molecule has 1 heterocycles. The van der Waals surface area contributed by atoms with Gasteiger partial charge in [-0.1, -0.05) is 36.4 Å². The van der Waals surface area contributed by atoms with E-state index < -0.39 is 0 Å². The van der Waals surface area contributed by atoms with Crippen LogP contribution in [0.1, 0.15) is 29.7 Å². The van der Waals surface area contributed by atoms with Crippen molar-refractivity contribution < 1.29 is 9.47 Å². The van der Waals surface area contributed by atoms with Crippen LogP contribution >= 0.6 is 0 Å². The number of hydrogen-bond donors (Lipinski definition) is 2. The number of pyridine rings is 1. The molecule has 6 nitrogen and oxygen atoms in total. The average molecular weight is 431 g/mol.